The second-order valence-electron chi connectivity index (χ2n) is 6.50. The van der Waals surface area contributed by atoms with Crippen molar-refractivity contribution in [2.45, 2.75) is 24.8 Å². The maximum atomic E-state index is 12.3. The first kappa shape index (κ1) is 20.3. The quantitative estimate of drug-likeness (QED) is 0.415. The molecule has 1 aromatic rings. The summed E-state index contributed by atoms with van der Waals surface area (Å²) >= 11 is 0. The average molecular weight is 374 g/mol. The highest BCUT2D eigenvalue weighted by Crippen LogP contribution is 2.34. The van der Waals surface area contributed by atoms with Crippen molar-refractivity contribution >= 4 is 24.3 Å². The van der Waals surface area contributed by atoms with Crippen molar-refractivity contribution in [3.05, 3.63) is 35.5 Å². The molecule has 2 rings (SSSR count). The summed E-state index contributed by atoms with van der Waals surface area (Å²) < 4.78 is 5.24. The molecule has 1 aromatic carbocycles. The Bertz CT molecular complexity index is 734. The number of aldehydes is 1. The van der Waals surface area contributed by atoms with Gasteiger partial charge in [0.1, 0.15) is 17.6 Å². The van der Waals surface area contributed by atoms with E-state index in [2.05, 4.69) is 16.0 Å². The number of rotatable bonds is 7. The normalized spacial score (nSPS) is 22.0. The van der Waals surface area contributed by atoms with E-state index in [1.807, 2.05) is 12.1 Å². The van der Waals surface area contributed by atoms with E-state index in [9.17, 15) is 14.4 Å². The van der Waals surface area contributed by atoms with Crippen LogP contribution in [0.15, 0.2) is 30.0 Å². The van der Waals surface area contributed by atoms with E-state index in [1.54, 1.807) is 25.3 Å². The number of methoxy groups -OCH3 is 1. The molecule has 0 bridgehead atoms. The van der Waals surface area contributed by atoms with Crippen LogP contribution in [0.4, 0.5) is 4.79 Å². The molecule has 27 heavy (non-hydrogen) atoms. The van der Waals surface area contributed by atoms with Crippen molar-refractivity contribution in [1.82, 2.24) is 16.0 Å². The highest BCUT2D eigenvalue weighted by atomic mass is 16.5. The summed E-state index contributed by atoms with van der Waals surface area (Å²) in [7, 11) is 3.03. The molecule has 0 aromatic heterocycles. The van der Waals surface area contributed by atoms with E-state index in [-0.39, 0.29) is 18.2 Å². The zero-order valence-electron chi connectivity index (χ0n) is 15.6. The summed E-state index contributed by atoms with van der Waals surface area (Å²) in [6, 6.07) is 6.79. The van der Waals surface area contributed by atoms with Crippen LogP contribution in [-0.2, 0) is 9.59 Å². The maximum absolute atomic E-state index is 12.3. The Labute approximate surface area is 158 Å². The average Bonchev–Trinajstić information content (AvgIpc) is 3.08. The molecule has 0 heterocycles. The van der Waals surface area contributed by atoms with Gasteiger partial charge in [-0.2, -0.15) is 0 Å². The van der Waals surface area contributed by atoms with Crippen molar-refractivity contribution in [2.24, 2.45) is 11.7 Å². The topological polar surface area (TPSA) is 123 Å². The number of ether oxygens (including phenoxy) is 1. The van der Waals surface area contributed by atoms with E-state index in [4.69, 9.17) is 10.5 Å². The molecule has 8 nitrogen and oxygen atoms in total. The molecule has 3 amide bonds. The fourth-order valence-electron chi connectivity index (χ4n) is 3.35. The minimum absolute atomic E-state index is 0.0356. The van der Waals surface area contributed by atoms with Crippen molar-refractivity contribution in [1.29, 1.82) is 0 Å². The summed E-state index contributed by atoms with van der Waals surface area (Å²) in [4.78, 5) is 35.7. The fourth-order valence-corrected chi connectivity index (χ4v) is 3.35. The first-order valence-electron chi connectivity index (χ1n) is 8.80. The van der Waals surface area contributed by atoms with Crippen LogP contribution < -0.4 is 26.4 Å². The van der Waals surface area contributed by atoms with E-state index >= 15 is 0 Å². The monoisotopic (exact) mass is 374 g/mol. The van der Waals surface area contributed by atoms with Crippen LogP contribution in [0.5, 0.6) is 5.75 Å². The Morgan fingerprint density at radius 1 is 1.37 bits per heavy atom. The highest BCUT2D eigenvalue weighted by Gasteiger charge is 2.44. The van der Waals surface area contributed by atoms with Crippen LogP contribution in [0.2, 0.25) is 0 Å². The molecule has 0 radical (unpaired) electrons. The lowest BCUT2D eigenvalue weighted by Gasteiger charge is -2.31. The smallest absolute Gasteiger partial charge is 0.315 e. The molecule has 5 N–H and O–H groups in total. The minimum Gasteiger partial charge on any atom is -0.496 e. The zero-order valence-corrected chi connectivity index (χ0v) is 15.6. The number of hydrogen-bond donors (Lipinski definition) is 4. The van der Waals surface area contributed by atoms with Gasteiger partial charge in [-0.3, -0.25) is 4.79 Å². The maximum Gasteiger partial charge on any atom is 0.315 e. The Morgan fingerprint density at radius 3 is 2.78 bits per heavy atom. The second-order valence-corrected chi connectivity index (χ2v) is 6.50. The van der Waals surface area contributed by atoms with Crippen LogP contribution >= 0.6 is 0 Å². The summed E-state index contributed by atoms with van der Waals surface area (Å²) in [5.41, 5.74) is 5.65. The van der Waals surface area contributed by atoms with Crippen molar-refractivity contribution in [3.8, 4) is 5.75 Å². The molecule has 0 saturated heterocycles. The number of para-hydroxylation sites is 1. The van der Waals surface area contributed by atoms with Gasteiger partial charge in [0.25, 0.3) is 5.91 Å². The molecular weight excluding hydrogens is 348 g/mol. The third-order valence-electron chi connectivity index (χ3n) is 4.88. The number of amides is 3. The molecular formula is C19H26N4O4. The van der Waals surface area contributed by atoms with Gasteiger partial charge in [0, 0.05) is 25.1 Å². The Kier molecular flexibility index (Phi) is 6.81. The predicted octanol–water partition coefficient (Wildman–Crippen LogP) is 0.778. The van der Waals surface area contributed by atoms with Gasteiger partial charge >= 0.3 is 6.03 Å². The molecule has 1 saturated carbocycles. The van der Waals surface area contributed by atoms with Crippen LogP contribution in [-0.4, -0.2) is 44.5 Å². The molecule has 1 aliphatic rings. The van der Waals surface area contributed by atoms with E-state index < -0.39 is 17.5 Å². The standard InChI is InChI=1S/C19H26N4O4/c1-21-18(26)23-19(12-24)9-5-7-14(19)11-22-17(25)15(20)10-13-6-3-4-8-16(13)27-2/h3-4,6,8,10,12,14H,5,7,9,11,20H2,1-2H3,(H,22,25)(H2,21,23,26)/b15-10-. The van der Waals surface area contributed by atoms with Gasteiger partial charge in [-0.15, -0.1) is 0 Å². The van der Waals surface area contributed by atoms with Crippen LogP contribution in [0.25, 0.3) is 6.08 Å². The number of benzene rings is 1. The summed E-state index contributed by atoms with van der Waals surface area (Å²) in [5, 5.41) is 7.93. The summed E-state index contributed by atoms with van der Waals surface area (Å²) in [6.07, 6.45) is 4.35. The number of carbonyl (C=O) groups excluding carboxylic acids is 3. The van der Waals surface area contributed by atoms with Crippen molar-refractivity contribution < 1.29 is 19.1 Å². The molecule has 8 heteroatoms. The number of urea groups is 1. The third-order valence-corrected chi connectivity index (χ3v) is 4.88. The van der Waals surface area contributed by atoms with Crippen LogP contribution in [0.1, 0.15) is 24.8 Å². The largest absolute Gasteiger partial charge is 0.496 e. The number of carbonyl (C=O) groups is 3. The SMILES string of the molecule is CNC(=O)NC1(C=O)CCCC1CNC(=O)/C(N)=C/c1ccccc1OC. The molecule has 1 fully saturated rings. The Balaban J connectivity index is 2.04. The predicted molar refractivity (Wildman–Crippen MR) is 102 cm³/mol. The van der Waals surface area contributed by atoms with Gasteiger partial charge in [0.2, 0.25) is 0 Å². The fraction of sp³-hybridized carbons (Fsp3) is 0.421. The van der Waals surface area contributed by atoms with Gasteiger partial charge in [0.15, 0.2) is 0 Å². The first-order valence-corrected chi connectivity index (χ1v) is 8.80. The minimum atomic E-state index is -0.978. The summed E-state index contributed by atoms with van der Waals surface area (Å²) in [6.45, 7) is 0.238. The van der Waals surface area contributed by atoms with Crippen LogP contribution in [0.3, 0.4) is 0 Å². The molecule has 146 valence electrons. The van der Waals surface area contributed by atoms with Gasteiger partial charge < -0.3 is 31.2 Å². The summed E-state index contributed by atoms with van der Waals surface area (Å²) in [5.74, 6) is -0.0262. The molecule has 2 atom stereocenters. The Hall–Kier alpha value is -3.03. The molecule has 0 aliphatic heterocycles. The van der Waals surface area contributed by atoms with E-state index in [1.165, 1.54) is 7.05 Å². The van der Waals surface area contributed by atoms with Gasteiger partial charge in [0.05, 0.1) is 12.8 Å². The third kappa shape index (κ3) is 4.78. The zero-order chi connectivity index (χ0) is 19.9. The van der Waals surface area contributed by atoms with Crippen molar-refractivity contribution in [3.63, 3.8) is 0 Å². The number of nitrogens with one attached hydrogen (secondary N) is 3. The highest BCUT2D eigenvalue weighted by molar-refractivity contribution is 5.97. The van der Waals surface area contributed by atoms with Gasteiger partial charge in [-0.25, -0.2) is 4.79 Å². The second kappa shape index (κ2) is 9.07. The number of hydrogen-bond acceptors (Lipinski definition) is 5. The van der Waals surface area contributed by atoms with Gasteiger partial charge in [-0.1, -0.05) is 24.6 Å². The van der Waals surface area contributed by atoms with Gasteiger partial charge in [-0.05, 0) is 25.0 Å². The van der Waals surface area contributed by atoms with E-state index in [0.29, 0.717) is 17.7 Å². The number of nitrogens with two attached hydrogens (primary N) is 1. The molecule has 0 spiro atoms. The lowest BCUT2D eigenvalue weighted by atomic mass is 9.88. The lowest BCUT2D eigenvalue weighted by Crippen LogP contribution is -2.57. The van der Waals surface area contributed by atoms with Crippen molar-refractivity contribution in [2.75, 3.05) is 20.7 Å². The lowest BCUT2D eigenvalue weighted by molar-refractivity contribution is -0.119. The molecule has 2 unspecified atom stereocenters. The molecule has 1 aliphatic carbocycles. The first-order chi connectivity index (χ1) is 13.0. The van der Waals surface area contributed by atoms with Crippen LogP contribution in [0, 0.1) is 5.92 Å². The van der Waals surface area contributed by atoms with E-state index in [0.717, 1.165) is 19.1 Å². The Morgan fingerprint density at radius 2 is 2.11 bits per heavy atom.